The minimum atomic E-state index is 0.792. The van der Waals surface area contributed by atoms with Crippen molar-refractivity contribution in [2.24, 2.45) is 5.10 Å². The summed E-state index contributed by atoms with van der Waals surface area (Å²) < 4.78 is 6.28. The van der Waals surface area contributed by atoms with Crippen molar-refractivity contribution in [3.05, 3.63) is 53.6 Å². The number of methoxy groups -OCH3 is 1. The molecular weight excluding hydrogens is 282 g/mol. The van der Waals surface area contributed by atoms with Crippen molar-refractivity contribution in [2.45, 2.75) is 6.92 Å². The SMILES string of the molecule is COc1ccc(/C=N/Nc2nc3ccc(C)cc3s2)cc1. The number of hydrogen-bond acceptors (Lipinski definition) is 5. The number of rotatable bonds is 4. The summed E-state index contributed by atoms with van der Waals surface area (Å²) in [4.78, 5) is 4.49. The fourth-order valence-electron chi connectivity index (χ4n) is 1.93. The Labute approximate surface area is 127 Å². The second-order valence-corrected chi connectivity index (χ2v) is 5.66. The molecule has 0 saturated carbocycles. The highest BCUT2D eigenvalue weighted by molar-refractivity contribution is 7.22. The van der Waals surface area contributed by atoms with Crippen LogP contribution in [0.25, 0.3) is 10.2 Å². The van der Waals surface area contributed by atoms with E-state index < -0.39 is 0 Å². The van der Waals surface area contributed by atoms with Gasteiger partial charge in [0.15, 0.2) is 0 Å². The number of thiazole rings is 1. The zero-order valence-electron chi connectivity index (χ0n) is 11.8. The van der Waals surface area contributed by atoms with Gasteiger partial charge >= 0.3 is 0 Å². The lowest BCUT2D eigenvalue weighted by Crippen LogP contribution is -1.90. The number of hydrazone groups is 1. The van der Waals surface area contributed by atoms with Gasteiger partial charge in [-0.1, -0.05) is 17.4 Å². The summed E-state index contributed by atoms with van der Waals surface area (Å²) in [6.45, 7) is 2.08. The highest BCUT2D eigenvalue weighted by Gasteiger charge is 2.02. The number of benzene rings is 2. The van der Waals surface area contributed by atoms with E-state index in [1.54, 1.807) is 24.7 Å². The van der Waals surface area contributed by atoms with E-state index in [9.17, 15) is 0 Å². The monoisotopic (exact) mass is 297 g/mol. The third kappa shape index (κ3) is 3.20. The van der Waals surface area contributed by atoms with Crippen LogP contribution in [0.4, 0.5) is 5.13 Å². The minimum Gasteiger partial charge on any atom is -0.497 e. The summed E-state index contributed by atoms with van der Waals surface area (Å²) in [5.74, 6) is 0.835. The summed E-state index contributed by atoms with van der Waals surface area (Å²) in [5.41, 5.74) is 6.21. The summed E-state index contributed by atoms with van der Waals surface area (Å²) in [5, 5.41) is 5.01. The molecule has 0 spiro atoms. The molecule has 1 N–H and O–H groups in total. The lowest BCUT2D eigenvalue weighted by atomic mass is 10.2. The van der Waals surface area contributed by atoms with Gasteiger partial charge in [-0.05, 0) is 54.4 Å². The first kappa shape index (κ1) is 13.6. The van der Waals surface area contributed by atoms with Crippen LogP contribution < -0.4 is 10.2 Å². The van der Waals surface area contributed by atoms with Gasteiger partial charge in [-0.3, -0.25) is 5.43 Å². The van der Waals surface area contributed by atoms with Crippen molar-refractivity contribution < 1.29 is 4.74 Å². The molecule has 4 nitrogen and oxygen atoms in total. The van der Waals surface area contributed by atoms with Gasteiger partial charge in [-0.15, -0.1) is 0 Å². The highest BCUT2D eigenvalue weighted by Crippen LogP contribution is 2.26. The van der Waals surface area contributed by atoms with Gasteiger partial charge in [-0.25, -0.2) is 4.98 Å². The summed E-state index contributed by atoms with van der Waals surface area (Å²) in [7, 11) is 1.65. The molecule has 0 fully saturated rings. The quantitative estimate of drug-likeness (QED) is 0.583. The summed E-state index contributed by atoms with van der Waals surface area (Å²) >= 11 is 1.60. The van der Waals surface area contributed by atoms with Crippen molar-refractivity contribution in [2.75, 3.05) is 12.5 Å². The maximum Gasteiger partial charge on any atom is 0.204 e. The lowest BCUT2D eigenvalue weighted by Gasteiger charge is -1.98. The highest BCUT2D eigenvalue weighted by atomic mass is 32.1. The van der Waals surface area contributed by atoms with Gasteiger partial charge in [0.05, 0.1) is 23.5 Å². The number of nitrogens with one attached hydrogen (secondary N) is 1. The van der Waals surface area contributed by atoms with Gasteiger partial charge in [0.2, 0.25) is 5.13 Å². The zero-order chi connectivity index (χ0) is 14.7. The van der Waals surface area contributed by atoms with Crippen molar-refractivity contribution in [1.82, 2.24) is 4.98 Å². The van der Waals surface area contributed by atoms with Crippen LogP contribution in [0.15, 0.2) is 47.6 Å². The Balaban J connectivity index is 1.71. The number of nitrogens with zero attached hydrogens (tertiary/aromatic N) is 2. The van der Waals surface area contributed by atoms with Crippen LogP contribution in [-0.4, -0.2) is 18.3 Å². The molecule has 3 rings (SSSR count). The third-order valence-electron chi connectivity index (χ3n) is 3.03. The Bertz CT molecular complexity index is 778. The molecule has 0 bridgehead atoms. The Morgan fingerprint density at radius 1 is 1.19 bits per heavy atom. The molecule has 1 heterocycles. The molecule has 0 unspecified atom stereocenters. The second-order valence-electron chi connectivity index (χ2n) is 4.63. The number of aromatic nitrogens is 1. The van der Waals surface area contributed by atoms with Gasteiger partial charge in [0.25, 0.3) is 0 Å². The molecule has 0 atom stereocenters. The van der Waals surface area contributed by atoms with Gasteiger partial charge in [0, 0.05) is 0 Å². The predicted octanol–water partition coefficient (Wildman–Crippen LogP) is 4.06. The largest absolute Gasteiger partial charge is 0.497 e. The lowest BCUT2D eigenvalue weighted by molar-refractivity contribution is 0.415. The van der Waals surface area contributed by atoms with Crippen LogP contribution in [0.2, 0.25) is 0 Å². The molecule has 0 aliphatic heterocycles. The summed E-state index contributed by atoms with van der Waals surface area (Å²) in [6.07, 6.45) is 1.76. The first-order chi connectivity index (χ1) is 10.2. The standard InChI is InChI=1S/C16H15N3OS/c1-11-3-8-14-15(9-11)21-16(18-14)19-17-10-12-4-6-13(20-2)7-5-12/h3-10H,1-2H3,(H,18,19)/b17-10+. The molecular formula is C16H15N3OS. The Hall–Kier alpha value is -2.40. The minimum absolute atomic E-state index is 0.792. The van der Waals surface area contributed by atoms with E-state index in [-0.39, 0.29) is 0 Å². The molecule has 0 radical (unpaired) electrons. The maximum atomic E-state index is 5.12. The van der Waals surface area contributed by atoms with Crippen LogP contribution in [0.3, 0.4) is 0 Å². The zero-order valence-corrected chi connectivity index (χ0v) is 12.6. The molecule has 2 aromatic carbocycles. The van der Waals surface area contributed by atoms with Gasteiger partial charge in [0.1, 0.15) is 5.75 Å². The van der Waals surface area contributed by atoms with E-state index >= 15 is 0 Å². The fraction of sp³-hybridized carbons (Fsp3) is 0.125. The number of fused-ring (bicyclic) bond motifs is 1. The molecule has 0 aliphatic rings. The maximum absolute atomic E-state index is 5.12. The Kier molecular flexibility index (Phi) is 3.83. The van der Waals surface area contributed by atoms with Crippen LogP contribution >= 0.6 is 11.3 Å². The Morgan fingerprint density at radius 3 is 2.76 bits per heavy atom. The summed E-state index contributed by atoms with van der Waals surface area (Å²) in [6, 6.07) is 13.9. The molecule has 5 heteroatoms. The predicted molar refractivity (Wildman–Crippen MR) is 88.6 cm³/mol. The fourth-order valence-corrected chi connectivity index (χ4v) is 2.85. The number of ether oxygens (including phenoxy) is 1. The average molecular weight is 297 g/mol. The molecule has 0 saturated heterocycles. The number of hydrogen-bond donors (Lipinski definition) is 1. The van der Waals surface area contributed by atoms with E-state index in [0.29, 0.717) is 0 Å². The van der Waals surface area contributed by atoms with E-state index in [1.807, 2.05) is 30.3 Å². The number of aryl methyl sites for hydroxylation is 1. The van der Waals surface area contributed by atoms with Crippen LogP contribution in [0.5, 0.6) is 5.75 Å². The third-order valence-corrected chi connectivity index (χ3v) is 3.96. The second kappa shape index (κ2) is 5.93. The first-order valence-electron chi connectivity index (χ1n) is 6.55. The molecule has 0 aliphatic carbocycles. The van der Waals surface area contributed by atoms with Crippen molar-refractivity contribution >= 4 is 32.9 Å². The average Bonchev–Trinajstić information content (AvgIpc) is 2.89. The van der Waals surface area contributed by atoms with Gasteiger partial charge in [-0.2, -0.15) is 5.10 Å². The Morgan fingerprint density at radius 2 is 2.00 bits per heavy atom. The molecule has 1 aromatic heterocycles. The number of anilines is 1. The van der Waals surface area contributed by atoms with Gasteiger partial charge < -0.3 is 4.74 Å². The smallest absolute Gasteiger partial charge is 0.204 e. The first-order valence-corrected chi connectivity index (χ1v) is 7.36. The van der Waals surface area contributed by atoms with Crippen molar-refractivity contribution in [1.29, 1.82) is 0 Å². The van der Waals surface area contributed by atoms with Crippen molar-refractivity contribution in [3.8, 4) is 5.75 Å². The van der Waals surface area contributed by atoms with Crippen LogP contribution in [0.1, 0.15) is 11.1 Å². The van der Waals surface area contributed by atoms with E-state index in [4.69, 9.17) is 4.74 Å². The van der Waals surface area contributed by atoms with Crippen molar-refractivity contribution in [3.63, 3.8) is 0 Å². The van der Waals surface area contributed by atoms with Crippen LogP contribution in [-0.2, 0) is 0 Å². The topological polar surface area (TPSA) is 46.5 Å². The molecule has 21 heavy (non-hydrogen) atoms. The normalized spacial score (nSPS) is 11.1. The van der Waals surface area contributed by atoms with E-state index in [1.165, 1.54) is 5.56 Å². The molecule has 3 aromatic rings. The molecule has 0 amide bonds. The van der Waals surface area contributed by atoms with E-state index in [2.05, 4.69) is 34.6 Å². The van der Waals surface area contributed by atoms with E-state index in [0.717, 1.165) is 26.7 Å². The van der Waals surface area contributed by atoms with Crippen LogP contribution in [0, 0.1) is 6.92 Å². The molecule has 106 valence electrons.